The molecule has 21 heavy (non-hydrogen) atoms. The highest BCUT2D eigenvalue weighted by atomic mass is 35.5. The molecule has 1 aliphatic carbocycles. The maximum atomic E-state index is 13.6. The number of carbonyl (C=O) groups is 1. The molecule has 0 spiro atoms. The third-order valence-corrected chi connectivity index (χ3v) is 5.42. The van der Waals surface area contributed by atoms with Crippen LogP contribution in [0.15, 0.2) is 12.1 Å². The van der Waals surface area contributed by atoms with E-state index in [1.54, 1.807) is 0 Å². The Balaban J connectivity index is 1.78. The summed E-state index contributed by atoms with van der Waals surface area (Å²) in [4.78, 5) is 14.4. The van der Waals surface area contributed by atoms with Gasteiger partial charge in [-0.1, -0.05) is 42.5 Å². The SMILES string of the molecule is O=C(c1cc(F)c(Cl)cc1Cl)N1CC[C@@H]2CCCC[C@H]2C1. The fraction of sp³-hybridized carbons (Fsp3) is 0.562. The van der Waals surface area contributed by atoms with Gasteiger partial charge in [0.1, 0.15) is 5.82 Å². The number of halogens is 3. The topological polar surface area (TPSA) is 20.3 Å². The maximum absolute atomic E-state index is 13.6. The molecule has 114 valence electrons. The first-order valence-electron chi connectivity index (χ1n) is 7.50. The summed E-state index contributed by atoms with van der Waals surface area (Å²) in [7, 11) is 0. The summed E-state index contributed by atoms with van der Waals surface area (Å²) in [6.07, 6.45) is 6.08. The van der Waals surface area contributed by atoms with Gasteiger partial charge in [-0.05, 0) is 36.8 Å². The van der Waals surface area contributed by atoms with Crippen molar-refractivity contribution in [2.75, 3.05) is 13.1 Å². The van der Waals surface area contributed by atoms with E-state index in [4.69, 9.17) is 23.2 Å². The van der Waals surface area contributed by atoms with E-state index >= 15 is 0 Å². The van der Waals surface area contributed by atoms with E-state index in [1.807, 2.05) is 4.90 Å². The molecule has 2 atom stereocenters. The number of benzene rings is 1. The molecule has 0 aromatic heterocycles. The fourth-order valence-electron chi connectivity index (χ4n) is 3.64. The van der Waals surface area contributed by atoms with Crippen LogP contribution in [0.5, 0.6) is 0 Å². The zero-order valence-corrected chi connectivity index (χ0v) is 13.3. The van der Waals surface area contributed by atoms with Crippen molar-refractivity contribution in [3.63, 3.8) is 0 Å². The predicted molar refractivity (Wildman–Crippen MR) is 82.4 cm³/mol. The van der Waals surface area contributed by atoms with Crippen LogP contribution >= 0.6 is 23.2 Å². The highest BCUT2D eigenvalue weighted by Gasteiger charge is 2.33. The average Bonchev–Trinajstić information content (AvgIpc) is 2.50. The molecule has 2 aliphatic rings. The molecule has 1 aliphatic heterocycles. The standard InChI is InChI=1S/C16H18Cl2FNO/c17-13-8-14(18)15(19)7-12(13)16(21)20-6-5-10-3-1-2-4-11(10)9-20/h7-8,10-11H,1-6,9H2/t10-,11-/m0/s1. The molecule has 0 bridgehead atoms. The van der Waals surface area contributed by atoms with Crippen LogP contribution in [0.4, 0.5) is 4.39 Å². The van der Waals surface area contributed by atoms with Crippen molar-refractivity contribution in [3.05, 3.63) is 33.6 Å². The minimum absolute atomic E-state index is 0.0532. The first-order chi connectivity index (χ1) is 10.1. The second-order valence-electron chi connectivity index (χ2n) is 6.09. The third kappa shape index (κ3) is 3.04. The molecule has 1 aromatic rings. The van der Waals surface area contributed by atoms with Gasteiger partial charge in [0.05, 0.1) is 15.6 Å². The summed E-state index contributed by atoms with van der Waals surface area (Å²) in [5, 5.41) is 0.166. The van der Waals surface area contributed by atoms with Crippen molar-refractivity contribution in [3.8, 4) is 0 Å². The summed E-state index contributed by atoms with van der Waals surface area (Å²) < 4.78 is 13.6. The van der Waals surface area contributed by atoms with Crippen molar-refractivity contribution in [1.82, 2.24) is 4.90 Å². The molecule has 0 unspecified atom stereocenters. The molecule has 2 fully saturated rings. The Bertz CT molecular complexity index is 563. The second-order valence-corrected chi connectivity index (χ2v) is 6.91. The summed E-state index contributed by atoms with van der Waals surface area (Å²) in [6, 6.07) is 2.46. The van der Waals surface area contributed by atoms with Crippen LogP contribution in [0.25, 0.3) is 0 Å². The van der Waals surface area contributed by atoms with Gasteiger partial charge in [0.15, 0.2) is 0 Å². The van der Waals surface area contributed by atoms with Crippen molar-refractivity contribution in [2.45, 2.75) is 32.1 Å². The Labute approximate surface area is 134 Å². The molecule has 1 aromatic carbocycles. The van der Waals surface area contributed by atoms with Crippen LogP contribution in [0.1, 0.15) is 42.5 Å². The van der Waals surface area contributed by atoms with Gasteiger partial charge in [-0.25, -0.2) is 4.39 Å². The fourth-order valence-corrected chi connectivity index (χ4v) is 4.11. The third-order valence-electron chi connectivity index (χ3n) is 4.82. The van der Waals surface area contributed by atoms with E-state index in [9.17, 15) is 9.18 Å². The summed E-state index contributed by atoms with van der Waals surface area (Å²) in [6.45, 7) is 1.50. The van der Waals surface area contributed by atoms with Gasteiger partial charge in [-0.3, -0.25) is 4.79 Å². The van der Waals surface area contributed by atoms with E-state index in [1.165, 1.54) is 31.7 Å². The van der Waals surface area contributed by atoms with E-state index < -0.39 is 5.82 Å². The Morgan fingerprint density at radius 2 is 1.81 bits per heavy atom. The second kappa shape index (κ2) is 6.13. The minimum atomic E-state index is -0.600. The number of hydrogen-bond donors (Lipinski definition) is 0. The number of piperidine rings is 1. The minimum Gasteiger partial charge on any atom is -0.338 e. The monoisotopic (exact) mass is 329 g/mol. The number of nitrogens with zero attached hydrogens (tertiary/aromatic N) is 1. The molecule has 1 amide bonds. The van der Waals surface area contributed by atoms with Crippen LogP contribution in [-0.2, 0) is 0 Å². The molecular weight excluding hydrogens is 312 g/mol. The summed E-state index contributed by atoms with van der Waals surface area (Å²) >= 11 is 11.7. The van der Waals surface area contributed by atoms with Gasteiger partial charge in [-0.2, -0.15) is 0 Å². The molecular formula is C16H18Cl2FNO. The molecule has 5 heteroatoms. The van der Waals surface area contributed by atoms with E-state index in [-0.39, 0.29) is 21.5 Å². The van der Waals surface area contributed by atoms with Crippen LogP contribution in [0.3, 0.4) is 0 Å². The van der Waals surface area contributed by atoms with E-state index in [0.717, 1.165) is 31.5 Å². The van der Waals surface area contributed by atoms with Gasteiger partial charge >= 0.3 is 0 Å². The van der Waals surface area contributed by atoms with Gasteiger partial charge in [0.2, 0.25) is 0 Å². The molecule has 1 heterocycles. The number of fused-ring (bicyclic) bond motifs is 1. The summed E-state index contributed by atoms with van der Waals surface area (Å²) in [5.41, 5.74) is 0.216. The Morgan fingerprint density at radius 1 is 1.10 bits per heavy atom. The lowest BCUT2D eigenvalue weighted by Crippen LogP contribution is -2.44. The van der Waals surface area contributed by atoms with E-state index in [0.29, 0.717) is 5.92 Å². The first kappa shape index (κ1) is 15.1. The van der Waals surface area contributed by atoms with Crippen LogP contribution in [-0.4, -0.2) is 23.9 Å². The average molecular weight is 330 g/mol. The highest BCUT2D eigenvalue weighted by Crippen LogP contribution is 2.37. The zero-order chi connectivity index (χ0) is 15.0. The van der Waals surface area contributed by atoms with Crippen molar-refractivity contribution in [1.29, 1.82) is 0 Å². The predicted octanol–water partition coefficient (Wildman–Crippen LogP) is 4.78. The molecule has 2 nitrogen and oxygen atoms in total. The van der Waals surface area contributed by atoms with Gasteiger partial charge in [0, 0.05) is 13.1 Å². The number of likely N-dealkylation sites (tertiary alicyclic amines) is 1. The van der Waals surface area contributed by atoms with Gasteiger partial charge in [0.25, 0.3) is 5.91 Å². The van der Waals surface area contributed by atoms with E-state index in [2.05, 4.69) is 0 Å². The smallest absolute Gasteiger partial charge is 0.255 e. The van der Waals surface area contributed by atoms with Crippen molar-refractivity contribution < 1.29 is 9.18 Å². The maximum Gasteiger partial charge on any atom is 0.255 e. The summed E-state index contributed by atoms with van der Waals surface area (Å²) in [5.74, 6) is 0.559. The van der Waals surface area contributed by atoms with Gasteiger partial charge < -0.3 is 4.90 Å². The van der Waals surface area contributed by atoms with Crippen molar-refractivity contribution in [2.24, 2.45) is 11.8 Å². The number of amides is 1. The molecule has 1 saturated heterocycles. The lowest BCUT2D eigenvalue weighted by molar-refractivity contribution is 0.0520. The highest BCUT2D eigenvalue weighted by molar-refractivity contribution is 6.36. The Kier molecular flexibility index (Phi) is 4.41. The lowest BCUT2D eigenvalue weighted by atomic mass is 9.75. The van der Waals surface area contributed by atoms with Crippen LogP contribution < -0.4 is 0 Å². The normalized spacial score (nSPS) is 25.6. The lowest BCUT2D eigenvalue weighted by Gasteiger charge is -2.41. The number of hydrogen-bond acceptors (Lipinski definition) is 1. The van der Waals surface area contributed by atoms with Crippen molar-refractivity contribution >= 4 is 29.1 Å². The van der Waals surface area contributed by atoms with Crippen LogP contribution in [0.2, 0.25) is 10.0 Å². The quantitative estimate of drug-likeness (QED) is 0.678. The van der Waals surface area contributed by atoms with Crippen LogP contribution in [0, 0.1) is 17.7 Å². The molecule has 0 radical (unpaired) electrons. The molecule has 3 rings (SSSR count). The molecule has 1 saturated carbocycles. The Hall–Kier alpha value is -0.800. The first-order valence-corrected chi connectivity index (χ1v) is 8.25. The number of rotatable bonds is 1. The van der Waals surface area contributed by atoms with Gasteiger partial charge in [-0.15, -0.1) is 0 Å². The Morgan fingerprint density at radius 3 is 2.57 bits per heavy atom. The number of carbonyl (C=O) groups excluding carboxylic acids is 1. The zero-order valence-electron chi connectivity index (χ0n) is 11.7. The largest absolute Gasteiger partial charge is 0.338 e. The molecule has 0 N–H and O–H groups in total.